The maximum atomic E-state index is 13.2. The normalized spacial score (nSPS) is 16.3. The third kappa shape index (κ3) is 3.62. The number of amides is 1. The van der Waals surface area contributed by atoms with E-state index >= 15 is 0 Å². The highest BCUT2D eigenvalue weighted by molar-refractivity contribution is 7.98. The van der Waals surface area contributed by atoms with Crippen LogP contribution in [-0.2, 0) is 0 Å². The van der Waals surface area contributed by atoms with E-state index in [-0.39, 0.29) is 17.8 Å². The number of carbonyl (C=O) groups is 1. The van der Waals surface area contributed by atoms with Crippen LogP contribution in [0.4, 0.5) is 4.39 Å². The summed E-state index contributed by atoms with van der Waals surface area (Å²) < 4.78 is 15.0. The molecule has 0 saturated carbocycles. The van der Waals surface area contributed by atoms with Gasteiger partial charge >= 0.3 is 0 Å². The number of nitrogens with zero attached hydrogens (tertiary/aromatic N) is 3. The summed E-state index contributed by atoms with van der Waals surface area (Å²) in [4.78, 5) is 19.3. The Morgan fingerprint density at radius 2 is 1.96 bits per heavy atom. The predicted octanol–water partition coefficient (Wildman–Crippen LogP) is 2.56. The molecule has 2 aromatic rings. The van der Waals surface area contributed by atoms with Crippen LogP contribution in [0.2, 0.25) is 0 Å². The number of nitrogens with one attached hydrogen (secondary N) is 1. The molecule has 24 heavy (non-hydrogen) atoms. The first-order chi connectivity index (χ1) is 11.6. The van der Waals surface area contributed by atoms with Crippen LogP contribution in [0.25, 0.3) is 5.69 Å². The summed E-state index contributed by atoms with van der Waals surface area (Å²) >= 11 is 1.45. The van der Waals surface area contributed by atoms with Gasteiger partial charge in [-0.05, 0) is 63.5 Å². The van der Waals surface area contributed by atoms with Crippen LogP contribution in [-0.4, -0.2) is 52.8 Å². The smallest absolute Gasteiger partial charge is 0.270 e. The van der Waals surface area contributed by atoms with Gasteiger partial charge in [0.05, 0.1) is 6.20 Å². The SMILES string of the molecule is CSc1ncc(C(=O)NC2CCN(C)CC2)n1-c1ccc(F)cc1. The molecule has 7 heteroatoms. The molecule has 1 aromatic carbocycles. The summed E-state index contributed by atoms with van der Waals surface area (Å²) in [5.74, 6) is -0.441. The van der Waals surface area contributed by atoms with Crippen LogP contribution in [0.1, 0.15) is 23.3 Å². The van der Waals surface area contributed by atoms with Crippen LogP contribution in [0.15, 0.2) is 35.6 Å². The molecule has 1 N–H and O–H groups in total. The van der Waals surface area contributed by atoms with Gasteiger partial charge < -0.3 is 10.2 Å². The highest BCUT2D eigenvalue weighted by Gasteiger charge is 2.22. The molecule has 0 bridgehead atoms. The Kier molecular flexibility index (Phi) is 5.20. The number of thioether (sulfide) groups is 1. The number of piperidine rings is 1. The summed E-state index contributed by atoms with van der Waals surface area (Å²) in [7, 11) is 2.09. The Morgan fingerprint density at radius 3 is 2.58 bits per heavy atom. The quantitative estimate of drug-likeness (QED) is 0.863. The monoisotopic (exact) mass is 348 g/mol. The maximum absolute atomic E-state index is 13.2. The number of carbonyl (C=O) groups excluding carboxylic acids is 1. The Labute approximate surface area is 145 Å². The van der Waals surface area contributed by atoms with E-state index in [9.17, 15) is 9.18 Å². The third-order valence-corrected chi connectivity index (χ3v) is 4.94. The maximum Gasteiger partial charge on any atom is 0.270 e. The molecule has 1 amide bonds. The van der Waals surface area contributed by atoms with Gasteiger partial charge in [0, 0.05) is 11.7 Å². The van der Waals surface area contributed by atoms with E-state index in [2.05, 4.69) is 22.2 Å². The summed E-state index contributed by atoms with van der Waals surface area (Å²) in [6, 6.07) is 6.27. The van der Waals surface area contributed by atoms with Crippen molar-refractivity contribution in [3.05, 3.63) is 42.0 Å². The Balaban J connectivity index is 1.84. The lowest BCUT2D eigenvalue weighted by molar-refractivity contribution is 0.0909. The van der Waals surface area contributed by atoms with Gasteiger partial charge in [0.2, 0.25) is 0 Å². The van der Waals surface area contributed by atoms with Crippen LogP contribution in [0.3, 0.4) is 0 Å². The van der Waals surface area contributed by atoms with Crippen LogP contribution < -0.4 is 5.32 Å². The fourth-order valence-electron chi connectivity index (χ4n) is 2.89. The van der Waals surface area contributed by atoms with E-state index in [0.29, 0.717) is 10.9 Å². The van der Waals surface area contributed by atoms with Crippen molar-refractivity contribution in [3.8, 4) is 5.69 Å². The highest BCUT2D eigenvalue weighted by Crippen LogP contribution is 2.22. The van der Waals surface area contributed by atoms with E-state index in [1.54, 1.807) is 22.9 Å². The fourth-order valence-corrected chi connectivity index (χ4v) is 3.44. The molecule has 1 saturated heterocycles. The average Bonchev–Trinajstić information content (AvgIpc) is 3.02. The van der Waals surface area contributed by atoms with Crippen molar-refractivity contribution in [2.24, 2.45) is 0 Å². The molecule has 5 nitrogen and oxygen atoms in total. The first-order valence-corrected chi connectivity index (χ1v) is 9.18. The zero-order valence-electron chi connectivity index (χ0n) is 13.8. The number of rotatable bonds is 4. The number of hydrogen-bond donors (Lipinski definition) is 1. The first kappa shape index (κ1) is 17.0. The van der Waals surface area contributed by atoms with Crippen molar-refractivity contribution in [1.29, 1.82) is 0 Å². The van der Waals surface area contributed by atoms with Gasteiger partial charge in [0.25, 0.3) is 5.91 Å². The molecule has 2 heterocycles. The first-order valence-electron chi connectivity index (χ1n) is 7.95. The minimum atomic E-state index is -0.304. The van der Waals surface area contributed by atoms with Crippen molar-refractivity contribution < 1.29 is 9.18 Å². The molecule has 0 unspecified atom stereocenters. The summed E-state index contributed by atoms with van der Waals surface area (Å²) in [6.07, 6.45) is 5.38. The fraction of sp³-hybridized carbons (Fsp3) is 0.412. The number of benzene rings is 1. The van der Waals surface area contributed by atoms with Crippen molar-refractivity contribution >= 4 is 17.7 Å². The summed E-state index contributed by atoms with van der Waals surface area (Å²) in [6.45, 7) is 1.97. The molecular weight excluding hydrogens is 327 g/mol. The molecule has 1 fully saturated rings. The summed E-state index contributed by atoms with van der Waals surface area (Å²) in [5.41, 5.74) is 1.21. The van der Waals surface area contributed by atoms with Gasteiger partial charge in [-0.15, -0.1) is 0 Å². The number of hydrogen-bond acceptors (Lipinski definition) is 4. The Hall–Kier alpha value is -1.86. The molecule has 128 valence electrons. The van der Waals surface area contributed by atoms with Gasteiger partial charge in [-0.3, -0.25) is 9.36 Å². The number of aromatic nitrogens is 2. The van der Waals surface area contributed by atoms with E-state index in [1.165, 1.54) is 23.9 Å². The molecular formula is C17H21FN4OS. The third-order valence-electron chi connectivity index (χ3n) is 4.28. The lowest BCUT2D eigenvalue weighted by Crippen LogP contribution is -2.43. The number of halogens is 1. The van der Waals surface area contributed by atoms with E-state index in [4.69, 9.17) is 0 Å². The molecule has 0 aliphatic carbocycles. The standard InChI is InChI=1S/C17H21FN4OS/c1-21-9-7-13(8-10-21)20-16(23)15-11-19-17(24-2)22(15)14-5-3-12(18)4-6-14/h3-6,11,13H,7-10H2,1-2H3,(H,20,23). The van der Waals surface area contributed by atoms with Gasteiger partial charge in [0.15, 0.2) is 5.16 Å². The molecule has 0 radical (unpaired) electrons. The highest BCUT2D eigenvalue weighted by atomic mass is 32.2. The number of likely N-dealkylation sites (tertiary alicyclic amines) is 1. The Morgan fingerprint density at radius 1 is 1.29 bits per heavy atom. The zero-order valence-corrected chi connectivity index (χ0v) is 14.6. The van der Waals surface area contributed by atoms with Crippen LogP contribution in [0, 0.1) is 5.82 Å². The molecule has 1 aliphatic rings. The molecule has 3 rings (SSSR count). The molecule has 1 aliphatic heterocycles. The van der Waals surface area contributed by atoms with Gasteiger partial charge in [-0.1, -0.05) is 11.8 Å². The molecule has 0 atom stereocenters. The van der Waals surface area contributed by atoms with Gasteiger partial charge in [-0.2, -0.15) is 0 Å². The minimum Gasteiger partial charge on any atom is -0.348 e. The van der Waals surface area contributed by atoms with Crippen LogP contribution in [0.5, 0.6) is 0 Å². The zero-order chi connectivity index (χ0) is 17.1. The Bertz CT molecular complexity index is 708. The van der Waals surface area contributed by atoms with Crippen molar-refractivity contribution in [2.45, 2.75) is 24.0 Å². The van der Waals surface area contributed by atoms with Crippen molar-refractivity contribution in [1.82, 2.24) is 19.8 Å². The lowest BCUT2D eigenvalue weighted by Gasteiger charge is -2.29. The van der Waals surface area contributed by atoms with E-state index < -0.39 is 0 Å². The lowest BCUT2D eigenvalue weighted by atomic mass is 10.1. The molecule has 0 spiro atoms. The van der Waals surface area contributed by atoms with E-state index in [1.807, 2.05) is 6.26 Å². The van der Waals surface area contributed by atoms with Crippen molar-refractivity contribution in [3.63, 3.8) is 0 Å². The largest absolute Gasteiger partial charge is 0.348 e. The average molecular weight is 348 g/mol. The second-order valence-corrected chi connectivity index (χ2v) is 6.77. The second kappa shape index (κ2) is 7.36. The van der Waals surface area contributed by atoms with E-state index in [0.717, 1.165) is 31.6 Å². The summed E-state index contributed by atoms with van der Waals surface area (Å²) in [5, 5.41) is 3.81. The number of imidazole rings is 1. The minimum absolute atomic E-state index is 0.137. The molecule has 1 aromatic heterocycles. The predicted molar refractivity (Wildman–Crippen MR) is 93.3 cm³/mol. The van der Waals surface area contributed by atoms with Gasteiger partial charge in [0.1, 0.15) is 11.5 Å². The topological polar surface area (TPSA) is 50.2 Å². The van der Waals surface area contributed by atoms with Gasteiger partial charge in [-0.25, -0.2) is 9.37 Å². The van der Waals surface area contributed by atoms with Crippen molar-refractivity contribution in [2.75, 3.05) is 26.4 Å². The second-order valence-electron chi connectivity index (χ2n) is 5.99. The van der Waals surface area contributed by atoms with Crippen LogP contribution >= 0.6 is 11.8 Å².